The van der Waals surface area contributed by atoms with Gasteiger partial charge >= 0.3 is 0 Å². The van der Waals surface area contributed by atoms with Gasteiger partial charge in [0.15, 0.2) is 0 Å². The molecule has 4 aromatic rings. The summed E-state index contributed by atoms with van der Waals surface area (Å²) in [5.41, 5.74) is 3.50. The van der Waals surface area contributed by atoms with E-state index in [9.17, 15) is 0 Å². The van der Waals surface area contributed by atoms with Crippen LogP contribution in [0.15, 0.2) is 121 Å². The molecule has 2 heteroatoms. The molecule has 0 spiro atoms. The first-order valence-electron chi connectivity index (χ1n) is 8.50. The highest BCUT2D eigenvalue weighted by molar-refractivity contribution is 14.1. The van der Waals surface area contributed by atoms with Crippen LogP contribution in [0.4, 0.5) is 17.1 Å². The van der Waals surface area contributed by atoms with E-state index < -0.39 is 0 Å². The molecule has 0 aliphatic carbocycles. The van der Waals surface area contributed by atoms with Gasteiger partial charge in [-0.25, -0.2) is 0 Å². The molecule has 0 N–H and O–H groups in total. The number of anilines is 3. The molecule has 0 saturated heterocycles. The maximum atomic E-state index is 2.28. The number of benzene rings is 4. The fourth-order valence-corrected chi connectivity index (χ4v) is 3.01. The lowest BCUT2D eigenvalue weighted by Crippen LogP contribution is -2.09. The zero-order chi connectivity index (χ0) is 18.0. The monoisotopic (exact) mass is 449 g/mol. The Morgan fingerprint density at radius 2 is 0.654 bits per heavy atom. The molecule has 0 atom stereocenters. The van der Waals surface area contributed by atoms with Crippen LogP contribution in [0.2, 0.25) is 0 Å². The molecule has 0 saturated carbocycles. The van der Waals surface area contributed by atoms with Crippen molar-refractivity contribution in [2.75, 3.05) is 4.90 Å². The van der Waals surface area contributed by atoms with Crippen LogP contribution < -0.4 is 4.90 Å². The van der Waals surface area contributed by atoms with Crippen LogP contribution in [0, 0.1) is 3.57 Å². The average molecular weight is 449 g/mol. The molecule has 128 valence electrons. The zero-order valence-electron chi connectivity index (χ0n) is 14.4. The van der Waals surface area contributed by atoms with Gasteiger partial charge in [-0.15, -0.1) is 0 Å². The van der Waals surface area contributed by atoms with Crippen LogP contribution in [0.3, 0.4) is 0 Å². The van der Waals surface area contributed by atoms with Crippen molar-refractivity contribution in [1.82, 2.24) is 0 Å². The standard InChI is InChI=1S/C18H15N.C6H5I/c1-4-10-16(11-5-1)19(17-12-6-2-7-13-17)18-14-8-3-9-15-18;7-6-4-2-1-3-5-6/h1-15H;1-5H. The lowest BCUT2D eigenvalue weighted by Gasteiger charge is -2.25. The van der Waals surface area contributed by atoms with Crippen molar-refractivity contribution in [3.63, 3.8) is 0 Å². The Morgan fingerprint density at radius 1 is 0.385 bits per heavy atom. The van der Waals surface area contributed by atoms with Crippen molar-refractivity contribution in [3.05, 3.63) is 125 Å². The third-order valence-electron chi connectivity index (χ3n) is 3.78. The van der Waals surface area contributed by atoms with Crippen molar-refractivity contribution in [1.29, 1.82) is 0 Å². The third-order valence-corrected chi connectivity index (χ3v) is 4.50. The fourth-order valence-electron chi connectivity index (χ4n) is 2.59. The van der Waals surface area contributed by atoms with Crippen LogP contribution in [0.25, 0.3) is 0 Å². The maximum Gasteiger partial charge on any atom is 0.0461 e. The predicted octanol–water partition coefficient (Wildman–Crippen LogP) is 7.45. The summed E-state index contributed by atoms with van der Waals surface area (Å²) >= 11 is 2.28. The molecular formula is C24H20IN. The van der Waals surface area contributed by atoms with Crippen molar-refractivity contribution in [2.45, 2.75) is 0 Å². The molecule has 0 bridgehead atoms. The molecule has 0 fully saturated rings. The Hall–Kier alpha value is -2.59. The molecule has 0 radical (unpaired) electrons. The maximum absolute atomic E-state index is 2.28. The van der Waals surface area contributed by atoms with Crippen molar-refractivity contribution in [3.8, 4) is 0 Å². The number of nitrogens with zero attached hydrogens (tertiary/aromatic N) is 1. The summed E-state index contributed by atoms with van der Waals surface area (Å²) < 4.78 is 1.29. The molecule has 0 aliphatic rings. The Kier molecular flexibility index (Phi) is 6.85. The van der Waals surface area contributed by atoms with Gasteiger partial charge in [0.2, 0.25) is 0 Å². The normalized spacial score (nSPS) is 9.73. The molecular weight excluding hydrogens is 429 g/mol. The summed E-state index contributed by atoms with van der Waals surface area (Å²) in [7, 11) is 0. The summed E-state index contributed by atoms with van der Waals surface area (Å²) in [5, 5.41) is 0. The molecule has 0 aliphatic heterocycles. The highest BCUT2D eigenvalue weighted by Crippen LogP contribution is 2.33. The van der Waals surface area contributed by atoms with Crippen LogP contribution in [0.5, 0.6) is 0 Å². The quantitative estimate of drug-likeness (QED) is 0.294. The predicted molar refractivity (Wildman–Crippen MR) is 120 cm³/mol. The van der Waals surface area contributed by atoms with Crippen LogP contribution >= 0.6 is 22.6 Å². The van der Waals surface area contributed by atoms with E-state index >= 15 is 0 Å². The van der Waals surface area contributed by atoms with E-state index in [2.05, 4.69) is 112 Å². The number of hydrogen-bond donors (Lipinski definition) is 0. The number of hydrogen-bond acceptors (Lipinski definition) is 1. The second-order valence-corrected chi connectivity index (χ2v) is 6.88. The number of rotatable bonds is 3. The number of halogens is 1. The largest absolute Gasteiger partial charge is 0.311 e. The summed E-state index contributed by atoms with van der Waals surface area (Å²) in [5.74, 6) is 0. The van der Waals surface area contributed by atoms with Crippen molar-refractivity contribution >= 4 is 39.7 Å². The zero-order valence-corrected chi connectivity index (χ0v) is 16.5. The van der Waals surface area contributed by atoms with Gasteiger partial charge < -0.3 is 4.90 Å². The first-order valence-corrected chi connectivity index (χ1v) is 9.58. The Morgan fingerprint density at radius 3 is 0.885 bits per heavy atom. The molecule has 4 rings (SSSR count). The average Bonchev–Trinajstić information content (AvgIpc) is 2.72. The molecule has 0 unspecified atom stereocenters. The highest BCUT2D eigenvalue weighted by atomic mass is 127. The van der Waals surface area contributed by atoms with Gasteiger partial charge in [0.05, 0.1) is 0 Å². The van der Waals surface area contributed by atoms with E-state index in [0.717, 1.165) is 0 Å². The van der Waals surface area contributed by atoms with E-state index in [0.29, 0.717) is 0 Å². The van der Waals surface area contributed by atoms with E-state index in [1.165, 1.54) is 20.6 Å². The van der Waals surface area contributed by atoms with Crippen LogP contribution in [-0.4, -0.2) is 0 Å². The molecule has 26 heavy (non-hydrogen) atoms. The molecule has 4 aromatic carbocycles. The minimum atomic E-state index is 1.17. The first kappa shape index (κ1) is 18.2. The number of para-hydroxylation sites is 3. The lowest BCUT2D eigenvalue weighted by molar-refractivity contribution is 1.28. The van der Waals surface area contributed by atoms with Gasteiger partial charge in [-0.2, -0.15) is 0 Å². The fraction of sp³-hybridized carbons (Fsp3) is 0. The Balaban J connectivity index is 0.000000236. The first-order chi connectivity index (χ1) is 12.8. The van der Waals surface area contributed by atoms with Gasteiger partial charge in [0, 0.05) is 20.6 Å². The minimum Gasteiger partial charge on any atom is -0.311 e. The van der Waals surface area contributed by atoms with Crippen molar-refractivity contribution < 1.29 is 0 Å². The smallest absolute Gasteiger partial charge is 0.0461 e. The molecule has 1 nitrogen and oxygen atoms in total. The van der Waals surface area contributed by atoms with Gasteiger partial charge in [0.25, 0.3) is 0 Å². The van der Waals surface area contributed by atoms with E-state index in [-0.39, 0.29) is 0 Å². The summed E-state index contributed by atoms with van der Waals surface area (Å²) in [6.07, 6.45) is 0. The summed E-state index contributed by atoms with van der Waals surface area (Å²) in [6.45, 7) is 0. The minimum absolute atomic E-state index is 1.17. The van der Waals surface area contributed by atoms with Crippen LogP contribution in [-0.2, 0) is 0 Å². The van der Waals surface area contributed by atoms with Gasteiger partial charge in [-0.05, 0) is 71.1 Å². The lowest BCUT2D eigenvalue weighted by atomic mass is 10.2. The summed E-state index contributed by atoms with van der Waals surface area (Å²) in [4.78, 5) is 2.25. The molecule has 0 heterocycles. The van der Waals surface area contributed by atoms with E-state index in [4.69, 9.17) is 0 Å². The summed E-state index contributed by atoms with van der Waals surface area (Å²) in [6, 6.07) is 41.5. The topological polar surface area (TPSA) is 3.24 Å². The second-order valence-electron chi connectivity index (χ2n) is 5.64. The van der Waals surface area contributed by atoms with E-state index in [1.807, 2.05) is 36.4 Å². The second kappa shape index (κ2) is 9.78. The SMILES string of the molecule is Ic1ccccc1.c1ccc(N(c2ccccc2)c2ccccc2)cc1. The highest BCUT2D eigenvalue weighted by Gasteiger charge is 2.10. The van der Waals surface area contributed by atoms with Crippen molar-refractivity contribution in [2.24, 2.45) is 0 Å². The molecule has 0 amide bonds. The Bertz CT molecular complexity index is 784. The van der Waals surface area contributed by atoms with Crippen LogP contribution in [0.1, 0.15) is 0 Å². The Labute approximate surface area is 169 Å². The van der Waals surface area contributed by atoms with Gasteiger partial charge in [-0.1, -0.05) is 72.8 Å². The molecule has 0 aromatic heterocycles. The van der Waals surface area contributed by atoms with E-state index in [1.54, 1.807) is 0 Å². The van der Waals surface area contributed by atoms with Gasteiger partial charge in [0.1, 0.15) is 0 Å². The van der Waals surface area contributed by atoms with Gasteiger partial charge in [-0.3, -0.25) is 0 Å². The third kappa shape index (κ3) is 5.20.